The molecule has 0 N–H and O–H groups in total. The van der Waals surface area contributed by atoms with Crippen molar-refractivity contribution in [2.75, 3.05) is 0 Å². The summed E-state index contributed by atoms with van der Waals surface area (Å²) in [6, 6.07) is 0. The number of hydrogen-bond donors (Lipinski definition) is 0. The molecule has 4 heteroatoms. The summed E-state index contributed by atoms with van der Waals surface area (Å²) < 4.78 is 1.90. The lowest BCUT2D eigenvalue weighted by molar-refractivity contribution is -0.121. The number of aryl methyl sites for hydroxylation is 2. The van der Waals surface area contributed by atoms with E-state index in [1.54, 1.807) is 6.92 Å². The van der Waals surface area contributed by atoms with Crippen molar-refractivity contribution in [2.45, 2.75) is 39.7 Å². The lowest BCUT2D eigenvalue weighted by Crippen LogP contribution is -2.26. The lowest BCUT2D eigenvalue weighted by Gasteiger charge is -2.19. The Kier molecular flexibility index (Phi) is 2.35. The first kappa shape index (κ1) is 9.37. The van der Waals surface area contributed by atoms with E-state index in [1.807, 2.05) is 11.6 Å². The van der Waals surface area contributed by atoms with Crippen LogP contribution in [0, 0.1) is 5.92 Å². The predicted octanol–water partition coefficient (Wildman–Crippen LogP) is 0.992. The molecule has 0 aromatic carbocycles. The Hall–Kier alpha value is -1.19. The molecule has 0 saturated heterocycles. The molecule has 0 amide bonds. The molecule has 0 aliphatic carbocycles. The van der Waals surface area contributed by atoms with E-state index in [-0.39, 0.29) is 11.7 Å². The summed E-state index contributed by atoms with van der Waals surface area (Å²) in [5, 5.41) is 4.36. The van der Waals surface area contributed by atoms with Crippen molar-refractivity contribution >= 4 is 5.78 Å². The van der Waals surface area contributed by atoms with Gasteiger partial charge in [-0.1, -0.05) is 6.92 Å². The molecule has 1 aromatic heterocycles. The van der Waals surface area contributed by atoms with Gasteiger partial charge in [0.15, 0.2) is 5.82 Å². The number of nitrogens with zero attached hydrogens (tertiary/aromatic N) is 3. The molecule has 1 aliphatic heterocycles. The number of rotatable bonds is 2. The van der Waals surface area contributed by atoms with Gasteiger partial charge in [0.05, 0.1) is 6.54 Å². The summed E-state index contributed by atoms with van der Waals surface area (Å²) in [6.45, 7) is 4.43. The van der Waals surface area contributed by atoms with Gasteiger partial charge in [0.1, 0.15) is 11.6 Å². The van der Waals surface area contributed by atoms with E-state index in [0.29, 0.717) is 0 Å². The van der Waals surface area contributed by atoms with E-state index >= 15 is 0 Å². The van der Waals surface area contributed by atoms with Crippen molar-refractivity contribution in [2.24, 2.45) is 5.92 Å². The van der Waals surface area contributed by atoms with E-state index in [0.717, 1.165) is 37.5 Å². The van der Waals surface area contributed by atoms with E-state index < -0.39 is 0 Å². The highest BCUT2D eigenvalue weighted by molar-refractivity contribution is 5.78. The standard InChI is InChI=1S/C10H15N3O/c1-3-9-11-10-5-4-8(7(2)14)6-13(10)12-9/h8H,3-6H2,1-2H3. The smallest absolute Gasteiger partial charge is 0.150 e. The third-order valence-electron chi connectivity index (χ3n) is 2.79. The Labute approximate surface area is 83.3 Å². The number of aromatic nitrogens is 3. The Morgan fingerprint density at radius 1 is 1.64 bits per heavy atom. The minimum Gasteiger partial charge on any atom is -0.300 e. The molecule has 4 nitrogen and oxygen atoms in total. The first-order valence-electron chi connectivity index (χ1n) is 5.13. The van der Waals surface area contributed by atoms with Crippen LogP contribution < -0.4 is 0 Å². The van der Waals surface area contributed by atoms with Crippen LogP contribution in [0.15, 0.2) is 0 Å². The van der Waals surface area contributed by atoms with Crippen molar-refractivity contribution < 1.29 is 4.79 Å². The van der Waals surface area contributed by atoms with Crippen LogP contribution in [0.25, 0.3) is 0 Å². The van der Waals surface area contributed by atoms with Crippen LogP contribution in [-0.2, 0) is 24.2 Å². The SMILES string of the molecule is CCc1nc2n(n1)CC(C(C)=O)CC2. The first-order valence-corrected chi connectivity index (χ1v) is 5.13. The highest BCUT2D eigenvalue weighted by Crippen LogP contribution is 2.18. The molecule has 1 unspecified atom stereocenters. The average Bonchev–Trinajstić information content (AvgIpc) is 2.58. The minimum absolute atomic E-state index is 0.147. The molecular formula is C10H15N3O. The topological polar surface area (TPSA) is 47.8 Å². The lowest BCUT2D eigenvalue weighted by atomic mass is 9.96. The summed E-state index contributed by atoms with van der Waals surface area (Å²) in [4.78, 5) is 15.6. The molecule has 1 aliphatic rings. The van der Waals surface area contributed by atoms with Crippen molar-refractivity contribution in [3.05, 3.63) is 11.6 Å². The highest BCUT2D eigenvalue weighted by Gasteiger charge is 2.23. The number of carbonyl (C=O) groups excluding carboxylic acids is 1. The summed E-state index contributed by atoms with van der Waals surface area (Å²) >= 11 is 0. The molecule has 2 rings (SSSR count). The van der Waals surface area contributed by atoms with E-state index in [1.165, 1.54) is 0 Å². The zero-order valence-electron chi connectivity index (χ0n) is 8.66. The molecule has 0 saturated carbocycles. The third-order valence-corrected chi connectivity index (χ3v) is 2.79. The Bertz CT molecular complexity index is 356. The molecular weight excluding hydrogens is 178 g/mol. The molecule has 1 aromatic rings. The van der Waals surface area contributed by atoms with Gasteiger partial charge in [0, 0.05) is 18.8 Å². The van der Waals surface area contributed by atoms with E-state index in [2.05, 4.69) is 10.1 Å². The largest absolute Gasteiger partial charge is 0.300 e. The van der Waals surface area contributed by atoms with Gasteiger partial charge in [-0.25, -0.2) is 9.67 Å². The Morgan fingerprint density at radius 3 is 3.07 bits per heavy atom. The van der Waals surface area contributed by atoms with Crippen molar-refractivity contribution in [3.8, 4) is 0 Å². The predicted molar refractivity (Wildman–Crippen MR) is 51.9 cm³/mol. The Morgan fingerprint density at radius 2 is 2.43 bits per heavy atom. The highest BCUT2D eigenvalue weighted by atomic mass is 16.1. The summed E-state index contributed by atoms with van der Waals surface area (Å²) in [5.74, 6) is 2.35. The van der Waals surface area contributed by atoms with Gasteiger partial charge in [-0.3, -0.25) is 4.79 Å². The van der Waals surface area contributed by atoms with Crippen LogP contribution in [0.3, 0.4) is 0 Å². The van der Waals surface area contributed by atoms with E-state index in [4.69, 9.17) is 0 Å². The number of hydrogen-bond acceptors (Lipinski definition) is 3. The fraction of sp³-hybridized carbons (Fsp3) is 0.700. The van der Waals surface area contributed by atoms with Crippen LogP contribution in [-0.4, -0.2) is 20.5 Å². The molecule has 0 spiro atoms. The van der Waals surface area contributed by atoms with Gasteiger partial charge in [-0.05, 0) is 13.3 Å². The summed E-state index contributed by atoms with van der Waals surface area (Å²) in [5.41, 5.74) is 0. The Balaban J connectivity index is 2.21. The van der Waals surface area contributed by atoms with Crippen LogP contribution in [0.2, 0.25) is 0 Å². The summed E-state index contributed by atoms with van der Waals surface area (Å²) in [7, 11) is 0. The average molecular weight is 193 g/mol. The van der Waals surface area contributed by atoms with Crippen molar-refractivity contribution in [3.63, 3.8) is 0 Å². The molecule has 2 heterocycles. The molecule has 14 heavy (non-hydrogen) atoms. The monoisotopic (exact) mass is 193 g/mol. The fourth-order valence-electron chi connectivity index (χ4n) is 1.84. The van der Waals surface area contributed by atoms with Crippen LogP contribution in [0.1, 0.15) is 31.9 Å². The zero-order chi connectivity index (χ0) is 10.1. The second-order valence-corrected chi connectivity index (χ2v) is 3.83. The van der Waals surface area contributed by atoms with Crippen LogP contribution >= 0.6 is 0 Å². The van der Waals surface area contributed by atoms with Gasteiger partial charge in [0.25, 0.3) is 0 Å². The van der Waals surface area contributed by atoms with E-state index in [9.17, 15) is 4.79 Å². The van der Waals surface area contributed by atoms with Gasteiger partial charge in [-0.2, -0.15) is 5.10 Å². The number of Topliss-reactive ketones (excluding diaryl/α,β-unsaturated/α-hetero) is 1. The molecule has 1 atom stereocenters. The second-order valence-electron chi connectivity index (χ2n) is 3.83. The van der Waals surface area contributed by atoms with Crippen molar-refractivity contribution in [1.82, 2.24) is 14.8 Å². The summed E-state index contributed by atoms with van der Waals surface area (Å²) in [6.07, 6.45) is 2.68. The maximum absolute atomic E-state index is 11.2. The quantitative estimate of drug-likeness (QED) is 0.703. The maximum atomic E-state index is 11.2. The number of fused-ring (bicyclic) bond motifs is 1. The number of carbonyl (C=O) groups is 1. The molecule has 0 bridgehead atoms. The third kappa shape index (κ3) is 1.56. The minimum atomic E-state index is 0.147. The zero-order valence-corrected chi connectivity index (χ0v) is 8.66. The van der Waals surface area contributed by atoms with Gasteiger partial charge >= 0.3 is 0 Å². The molecule has 76 valence electrons. The van der Waals surface area contributed by atoms with Gasteiger partial charge in [-0.15, -0.1) is 0 Å². The second kappa shape index (κ2) is 3.52. The normalized spacial score (nSPS) is 20.6. The molecule has 0 radical (unpaired) electrons. The molecule has 0 fully saturated rings. The van der Waals surface area contributed by atoms with Gasteiger partial charge < -0.3 is 0 Å². The van der Waals surface area contributed by atoms with Gasteiger partial charge in [0.2, 0.25) is 0 Å². The fourth-order valence-corrected chi connectivity index (χ4v) is 1.84. The number of ketones is 1. The van der Waals surface area contributed by atoms with Crippen molar-refractivity contribution in [1.29, 1.82) is 0 Å². The maximum Gasteiger partial charge on any atom is 0.150 e. The first-order chi connectivity index (χ1) is 6.70. The van der Waals surface area contributed by atoms with Crippen LogP contribution in [0.5, 0.6) is 0 Å². The van der Waals surface area contributed by atoms with Crippen LogP contribution in [0.4, 0.5) is 0 Å².